The molecular formula is C19H25FN6. The van der Waals surface area contributed by atoms with Crippen molar-refractivity contribution >= 4 is 16.9 Å². The first-order chi connectivity index (χ1) is 12.7. The Morgan fingerprint density at radius 1 is 1.38 bits per heavy atom. The molecule has 3 rings (SSSR count). The average molecular weight is 356 g/mol. The first kappa shape index (κ1) is 18.0. The SMILES string of the molecule is CN=C(NCCc1c[nH]c2cc(F)ccc12)NCC(C)Cn1cccn1. The van der Waals surface area contributed by atoms with Crippen LogP contribution < -0.4 is 10.6 Å². The van der Waals surface area contributed by atoms with E-state index in [0.29, 0.717) is 5.92 Å². The number of aromatic amines is 1. The Morgan fingerprint density at radius 2 is 2.27 bits per heavy atom. The van der Waals surface area contributed by atoms with Gasteiger partial charge in [-0.15, -0.1) is 0 Å². The zero-order chi connectivity index (χ0) is 18.4. The van der Waals surface area contributed by atoms with Crippen molar-refractivity contribution in [2.45, 2.75) is 19.9 Å². The second-order valence-electron chi connectivity index (χ2n) is 6.47. The molecule has 1 aromatic carbocycles. The van der Waals surface area contributed by atoms with Gasteiger partial charge < -0.3 is 15.6 Å². The summed E-state index contributed by atoms with van der Waals surface area (Å²) in [6.45, 7) is 4.60. The summed E-state index contributed by atoms with van der Waals surface area (Å²) in [5, 5.41) is 12.0. The van der Waals surface area contributed by atoms with Gasteiger partial charge in [0.2, 0.25) is 0 Å². The topological polar surface area (TPSA) is 70.0 Å². The number of fused-ring (bicyclic) bond motifs is 1. The maximum atomic E-state index is 13.3. The average Bonchev–Trinajstić information content (AvgIpc) is 3.27. The first-order valence-electron chi connectivity index (χ1n) is 8.83. The van der Waals surface area contributed by atoms with Crippen molar-refractivity contribution in [3.63, 3.8) is 0 Å². The lowest BCUT2D eigenvalue weighted by Crippen LogP contribution is -2.40. The lowest BCUT2D eigenvalue weighted by atomic mass is 10.1. The number of H-pyrrole nitrogens is 1. The Kier molecular flexibility index (Phi) is 5.88. The summed E-state index contributed by atoms with van der Waals surface area (Å²) in [7, 11) is 1.77. The minimum absolute atomic E-state index is 0.224. The third-order valence-corrected chi connectivity index (χ3v) is 4.32. The van der Waals surface area contributed by atoms with Gasteiger partial charge in [-0.2, -0.15) is 5.10 Å². The van der Waals surface area contributed by atoms with Gasteiger partial charge in [0.25, 0.3) is 0 Å². The van der Waals surface area contributed by atoms with Crippen molar-refractivity contribution < 1.29 is 4.39 Å². The van der Waals surface area contributed by atoms with E-state index >= 15 is 0 Å². The molecule has 0 aliphatic rings. The number of benzene rings is 1. The van der Waals surface area contributed by atoms with Gasteiger partial charge in [-0.05, 0) is 42.2 Å². The lowest BCUT2D eigenvalue weighted by Gasteiger charge is -2.16. The van der Waals surface area contributed by atoms with E-state index < -0.39 is 0 Å². The molecule has 7 heteroatoms. The number of hydrogen-bond donors (Lipinski definition) is 3. The highest BCUT2D eigenvalue weighted by Gasteiger charge is 2.07. The van der Waals surface area contributed by atoms with Crippen LogP contribution in [0.3, 0.4) is 0 Å². The van der Waals surface area contributed by atoms with Gasteiger partial charge in [-0.1, -0.05) is 6.92 Å². The summed E-state index contributed by atoms with van der Waals surface area (Å²) in [4.78, 5) is 7.38. The van der Waals surface area contributed by atoms with Crippen molar-refractivity contribution in [3.8, 4) is 0 Å². The highest BCUT2D eigenvalue weighted by Crippen LogP contribution is 2.19. The van der Waals surface area contributed by atoms with Crippen LogP contribution in [0.25, 0.3) is 10.9 Å². The van der Waals surface area contributed by atoms with Crippen LogP contribution in [0, 0.1) is 11.7 Å². The Labute approximate surface area is 152 Å². The van der Waals surface area contributed by atoms with Gasteiger partial charge in [-0.25, -0.2) is 4.39 Å². The maximum Gasteiger partial charge on any atom is 0.190 e. The summed E-state index contributed by atoms with van der Waals surface area (Å²) in [5.74, 6) is 0.984. The quantitative estimate of drug-likeness (QED) is 0.450. The van der Waals surface area contributed by atoms with Crippen LogP contribution in [0.5, 0.6) is 0 Å². The van der Waals surface area contributed by atoms with E-state index in [4.69, 9.17) is 0 Å². The van der Waals surface area contributed by atoms with Crippen molar-refractivity contribution in [1.29, 1.82) is 0 Å². The molecule has 0 spiro atoms. The van der Waals surface area contributed by atoms with E-state index in [1.807, 2.05) is 29.2 Å². The molecule has 0 fully saturated rings. The molecule has 6 nitrogen and oxygen atoms in total. The predicted octanol–water partition coefficient (Wildman–Crippen LogP) is 2.55. The van der Waals surface area contributed by atoms with Crippen LogP contribution in [0.4, 0.5) is 4.39 Å². The van der Waals surface area contributed by atoms with E-state index in [0.717, 1.165) is 48.5 Å². The molecule has 3 aromatic rings. The van der Waals surface area contributed by atoms with Gasteiger partial charge in [0.15, 0.2) is 5.96 Å². The van der Waals surface area contributed by atoms with Gasteiger partial charge in [0.05, 0.1) is 0 Å². The summed E-state index contributed by atoms with van der Waals surface area (Å²) < 4.78 is 15.2. The Morgan fingerprint density at radius 3 is 3.04 bits per heavy atom. The smallest absolute Gasteiger partial charge is 0.190 e. The number of halogens is 1. The summed E-state index contributed by atoms with van der Waals surface area (Å²) in [6, 6.07) is 6.77. The minimum atomic E-state index is -0.224. The third-order valence-electron chi connectivity index (χ3n) is 4.32. The summed E-state index contributed by atoms with van der Waals surface area (Å²) >= 11 is 0. The molecule has 0 bridgehead atoms. The fourth-order valence-corrected chi connectivity index (χ4v) is 2.96. The maximum absolute atomic E-state index is 13.3. The Hall–Kier alpha value is -2.83. The zero-order valence-corrected chi connectivity index (χ0v) is 15.2. The third kappa shape index (κ3) is 4.62. The van der Waals surface area contributed by atoms with E-state index in [9.17, 15) is 4.39 Å². The van der Waals surface area contributed by atoms with Crippen molar-refractivity contribution in [2.75, 3.05) is 20.1 Å². The number of rotatable bonds is 7. The molecule has 2 heterocycles. The number of nitrogens with zero attached hydrogens (tertiary/aromatic N) is 3. The van der Waals surface area contributed by atoms with Gasteiger partial charge >= 0.3 is 0 Å². The predicted molar refractivity (Wildman–Crippen MR) is 103 cm³/mol. The van der Waals surface area contributed by atoms with E-state index in [1.54, 1.807) is 13.2 Å². The highest BCUT2D eigenvalue weighted by molar-refractivity contribution is 5.83. The van der Waals surface area contributed by atoms with E-state index in [1.165, 1.54) is 12.1 Å². The van der Waals surface area contributed by atoms with Gasteiger partial charge in [-0.3, -0.25) is 9.67 Å². The molecule has 0 aliphatic carbocycles. The van der Waals surface area contributed by atoms with Crippen LogP contribution in [-0.2, 0) is 13.0 Å². The summed E-state index contributed by atoms with van der Waals surface area (Å²) in [5.41, 5.74) is 1.99. The Bertz CT molecular complexity index is 852. The summed E-state index contributed by atoms with van der Waals surface area (Å²) in [6.07, 6.45) is 6.53. The molecule has 138 valence electrons. The fourth-order valence-electron chi connectivity index (χ4n) is 2.96. The van der Waals surface area contributed by atoms with E-state index in [2.05, 4.69) is 32.6 Å². The normalized spacial score (nSPS) is 13.1. The minimum Gasteiger partial charge on any atom is -0.361 e. The van der Waals surface area contributed by atoms with Crippen LogP contribution in [0.2, 0.25) is 0 Å². The first-order valence-corrected chi connectivity index (χ1v) is 8.83. The van der Waals surface area contributed by atoms with Gasteiger partial charge in [0, 0.05) is 56.2 Å². The molecule has 1 unspecified atom stereocenters. The monoisotopic (exact) mass is 356 g/mol. The second kappa shape index (κ2) is 8.51. The van der Waals surface area contributed by atoms with Crippen molar-refractivity contribution in [2.24, 2.45) is 10.9 Å². The molecule has 2 aromatic heterocycles. The molecule has 1 atom stereocenters. The zero-order valence-electron chi connectivity index (χ0n) is 15.2. The number of hydrogen-bond acceptors (Lipinski definition) is 2. The molecule has 0 saturated heterocycles. The second-order valence-corrected chi connectivity index (χ2v) is 6.47. The number of aromatic nitrogens is 3. The van der Waals surface area contributed by atoms with Gasteiger partial charge in [0.1, 0.15) is 5.82 Å². The Balaban J connectivity index is 1.45. The van der Waals surface area contributed by atoms with E-state index in [-0.39, 0.29) is 5.82 Å². The standard InChI is InChI=1S/C19H25FN6/c1-14(13-26-9-3-7-25-26)11-24-19(21-2)22-8-6-15-12-23-18-10-16(20)4-5-17(15)18/h3-5,7,9-10,12,14,23H,6,8,11,13H2,1-2H3,(H2,21,22,24). The van der Waals surface area contributed by atoms with Crippen LogP contribution in [-0.4, -0.2) is 40.9 Å². The molecule has 0 radical (unpaired) electrons. The molecule has 0 saturated carbocycles. The molecule has 26 heavy (non-hydrogen) atoms. The fraction of sp³-hybridized carbons (Fsp3) is 0.368. The molecule has 0 aliphatic heterocycles. The number of guanidine groups is 1. The molecule has 0 amide bonds. The number of nitrogens with one attached hydrogen (secondary N) is 3. The van der Waals surface area contributed by atoms with Crippen LogP contribution in [0.1, 0.15) is 12.5 Å². The largest absolute Gasteiger partial charge is 0.361 e. The van der Waals surface area contributed by atoms with Crippen LogP contribution >= 0.6 is 0 Å². The highest BCUT2D eigenvalue weighted by atomic mass is 19.1. The molecular weight excluding hydrogens is 331 g/mol. The van der Waals surface area contributed by atoms with Crippen molar-refractivity contribution in [3.05, 3.63) is 54.2 Å². The van der Waals surface area contributed by atoms with Crippen molar-refractivity contribution in [1.82, 2.24) is 25.4 Å². The van der Waals surface area contributed by atoms with Crippen LogP contribution in [0.15, 0.2) is 47.8 Å². The number of aliphatic imine (C=N–C) groups is 1. The lowest BCUT2D eigenvalue weighted by molar-refractivity contribution is 0.443. The molecule has 3 N–H and O–H groups in total.